The highest BCUT2D eigenvalue weighted by Crippen LogP contribution is 2.36. The van der Waals surface area contributed by atoms with Gasteiger partial charge in [0.15, 0.2) is 17.4 Å². The molecule has 0 radical (unpaired) electrons. The van der Waals surface area contributed by atoms with E-state index in [1.54, 1.807) is 19.4 Å². The third kappa shape index (κ3) is 9.57. The molecule has 2 heterocycles. The van der Waals surface area contributed by atoms with Crippen molar-refractivity contribution in [3.8, 4) is 11.5 Å². The van der Waals surface area contributed by atoms with Gasteiger partial charge in [-0.2, -0.15) is 0 Å². The molecule has 0 spiro atoms. The van der Waals surface area contributed by atoms with Crippen molar-refractivity contribution in [2.75, 3.05) is 27.5 Å². The second-order valence-electron chi connectivity index (χ2n) is 12.7. The summed E-state index contributed by atoms with van der Waals surface area (Å²) >= 11 is 0. The highest BCUT2D eigenvalue weighted by molar-refractivity contribution is 5.89. The average Bonchev–Trinajstić information content (AvgIpc) is 3.13. The van der Waals surface area contributed by atoms with Crippen LogP contribution in [0.4, 0.5) is 39.4 Å². The van der Waals surface area contributed by atoms with Crippen molar-refractivity contribution in [1.29, 1.82) is 0 Å². The Morgan fingerprint density at radius 1 is 0.706 bits per heavy atom. The summed E-state index contributed by atoms with van der Waals surface area (Å²) in [6.07, 6.45) is 4.29. The summed E-state index contributed by atoms with van der Waals surface area (Å²) < 4.78 is 11.5. The maximum atomic E-state index is 12.9. The number of hydrogen-bond acceptors (Lipinski definition) is 10. The van der Waals surface area contributed by atoms with E-state index in [2.05, 4.69) is 54.8 Å². The number of nitrogens with one attached hydrogen (secondary N) is 2. The van der Waals surface area contributed by atoms with Gasteiger partial charge in [-0.1, -0.05) is 84.9 Å². The van der Waals surface area contributed by atoms with Crippen LogP contribution >= 0.6 is 0 Å². The zero-order chi connectivity index (χ0) is 35.6. The fourth-order valence-electron chi connectivity index (χ4n) is 5.17. The van der Waals surface area contributed by atoms with Gasteiger partial charge in [0.1, 0.15) is 23.4 Å². The van der Waals surface area contributed by atoms with Crippen LogP contribution in [0, 0.1) is 0 Å². The first-order valence-electron chi connectivity index (χ1n) is 16.5. The quantitative estimate of drug-likeness (QED) is 0.130. The molecule has 2 aromatic heterocycles. The Hall–Kier alpha value is -6.49. The Kier molecular flexibility index (Phi) is 10.7. The molecule has 0 fully saturated rings. The van der Waals surface area contributed by atoms with E-state index in [0.29, 0.717) is 59.2 Å². The van der Waals surface area contributed by atoms with E-state index < -0.39 is 11.7 Å². The van der Waals surface area contributed by atoms with Crippen molar-refractivity contribution >= 4 is 40.7 Å². The molecule has 0 atom stereocenters. The standard InChI is InChI=1S/C40H40N8O3/c1-40(2,3)51-39(49)47(4)32-20-14-19-31(23-32)45-36-35(46-38-41-24-34(25-42-38)50-33-21-12-7-13-22-33)37(44-28-43-36)48(26-29-15-8-5-9-16-29)27-30-17-10-6-11-18-30/h5-25,28H,26-27H2,1-4H3,(H,41,42,46)(H,43,44,45). The van der Waals surface area contributed by atoms with E-state index in [4.69, 9.17) is 14.5 Å². The third-order valence-electron chi connectivity index (χ3n) is 7.57. The van der Waals surface area contributed by atoms with Gasteiger partial charge in [0.2, 0.25) is 5.95 Å². The van der Waals surface area contributed by atoms with Gasteiger partial charge in [0.05, 0.1) is 12.4 Å². The van der Waals surface area contributed by atoms with Crippen LogP contribution < -0.4 is 25.2 Å². The number of anilines is 6. The number of aromatic nitrogens is 4. The monoisotopic (exact) mass is 680 g/mol. The summed E-state index contributed by atoms with van der Waals surface area (Å²) in [5, 5.41) is 6.84. The van der Waals surface area contributed by atoms with Gasteiger partial charge in [-0.3, -0.25) is 4.90 Å². The van der Waals surface area contributed by atoms with Crippen LogP contribution in [0.15, 0.2) is 134 Å². The molecule has 51 heavy (non-hydrogen) atoms. The van der Waals surface area contributed by atoms with E-state index in [1.807, 2.05) is 112 Å². The van der Waals surface area contributed by atoms with Crippen LogP contribution in [0.1, 0.15) is 31.9 Å². The molecular weight excluding hydrogens is 640 g/mol. The number of ether oxygens (including phenoxy) is 2. The topological polar surface area (TPSA) is 118 Å². The maximum absolute atomic E-state index is 12.9. The molecule has 0 bridgehead atoms. The molecule has 4 aromatic carbocycles. The van der Waals surface area contributed by atoms with Crippen LogP contribution in [0.5, 0.6) is 11.5 Å². The predicted octanol–water partition coefficient (Wildman–Crippen LogP) is 9.12. The lowest BCUT2D eigenvalue weighted by Crippen LogP contribution is -2.34. The highest BCUT2D eigenvalue weighted by Gasteiger charge is 2.23. The minimum atomic E-state index is -0.627. The van der Waals surface area contributed by atoms with Crippen molar-refractivity contribution in [1.82, 2.24) is 19.9 Å². The molecule has 0 aliphatic heterocycles. The van der Waals surface area contributed by atoms with Crippen LogP contribution in [0.25, 0.3) is 0 Å². The molecule has 0 saturated carbocycles. The van der Waals surface area contributed by atoms with Crippen LogP contribution in [0.2, 0.25) is 0 Å². The van der Waals surface area contributed by atoms with Gasteiger partial charge in [-0.15, -0.1) is 0 Å². The smallest absolute Gasteiger partial charge is 0.414 e. The Morgan fingerprint density at radius 2 is 1.31 bits per heavy atom. The lowest BCUT2D eigenvalue weighted by molar-refractivity contribution is 0.0589. The predicted molar refractivity (Wildman–Crippen MR) is 201 cm³/mol. The summed E-state index contributed by atoms with van der Waals surface area (Å²) in [7, 11) is 1.68. The fourth-order valence-corrected chi connectivity index (χ4v) is 5.17. The van der Waals surface area contributed by atoms with Gasteiger partial charge >= 0.3 is 6.09 Å². The number of para-hydroxylation sites is 1. The zero-order valence-electron chi connectivity index (χ0n) is 29.0. The first-order valence-corrected chi connectivity index (χ1v) is 16.5. The molecule has 0 aliphatic carbocycles. The number of carbonyl (C=O) groups excluding carboxylic acids is 1. The zero-order valence-corrected chi connectivity index (χ0v) is 29.0. The number of hydrogen-bond donors (Lipinski definition) is 2. The van der Waals surface area contributed by atoms with Crippen molar-refractivity contribution in [2.24, 2.45) is 0 Å². The van der Waals surface area contributed by atoms with Crippen molar-refractivity contribution in [3.63, 3.8) is 0 Å². The number of benzene rings is 4. The molecule has 6 aromatic rings. The molecule has 11 heteroatoms. The molecule has 0 unspecified atom stereocenters. The highest BCUT2D eigenvalue weighted by atomic mass is 16.6. The first-order chi connectivity index (χ1) is 24.7. The van der Waals surface area contributed by atoms with E-state index in [-0.39, 0.29) is 0 Å². The van der Waals surface area contributed by atoms with E-state index in [1.165, 1.54) is 11.2 Å². The van der Waals surface area contributed by atoms with E-state index in [0.717, 1.165) is 11.1 Å². The summed E-state index contributed by atoms with van der Waals surface area (Å²) in [6, 6.07) is 37.4. The minimum absolute atomic E-state index is 0.326. The van der Waals surface area contributed by atoms with E-state index >= 15 is 0 Å². The molecule has 1 amide bonds. The van der Waals surface area contributed by atoms with Crippen molar-refractivity contribution < 1.29 is 14.3 Å². The molecule has 2 N–H and O–H groups in total. The van der Waals surface area contributed by atoms with Crippen LogP contribution in [-0.2, 0) is 17.8 Å². The molecule has 6 rings (SSSR count). The number of carbonyl (C=O) groups is 1. The minimum Gasteiger partial charge on any atom is -0.454 e. The van der Waals surface area contributed by atoms with Crippen LogP contribution in [-0.4, -0.2) is 38.7 Å². The normalized spacial score (nSPS) is 11.0. The summed E-state index contributed by atoms with van der Waals surface area (Å²) in [5.74, 6) is 2.62. The van der Waals surface area contributed by atoms with Crippen LogP contribution in [0.3, 0.4) is 0 Å². The first kappa shape index (κ1) is 34.4. The molecule has 258 valence electrons. The largest absolute Gasteiger partial charge is 0.454 e. The van der Waals surface area contributed by atoms with Gasteiger partial charge < -0.3 is 25.0 Å². The second-order valence-corrected chi connectivity index (χ2v) is 12.7. The Morgan fingerprint density at radius 3 is 1.92 bits per heavy atom. The third-order valence-corrected chi connectivity index (χ3v) is 7.57. The average molecular weight is 681 g/mol. The van der Waals surface area contributed by atoms with Gasteiger partial charge in [-0.25, -0.2) is 24.7 Å². The molecule has 0 saturated heterocycles. The SMILES string of the molecule is CN(C(=O)OC(C)(C)C)c1cccc(Nc2ncnc(N(Cc3ccccc3)Cc3ccccc3)c2Nc2ncc(Oc3ccccc3)cn2)c1. The maximum Gasteiger partial charge on any atom is 0.414 e. The molecule has 11 nitrogen and oxygen atoms in total. The Bertz CT molecular complexity index is 1980. The van der Waals surface area contributed by atoms with Crippen molar-refractivity contribution in [3.05, 3.63) is 145 Å². The number of rotatable bonds is 12. The Labute approximate surface area is 298 Å². The number of amides is 1. The Balaban J connectivity index is 1.36. The lowest BCUT2D eigenvalue weighted by Gasteiger charge is -2.27. The van der Waals surface area contributed by atoms with Gasteiger partial charge in [-0.05, 0) is 62.2 Å². The summed E-state index contributed by atoms with van der Waals surface area (Å²) in [6.45, 7) is 6.66. The fraction of sp³-hybridized carbons (Fsp3) is 0.175. The number of nitrogens with zero attached hydrogens (tertiary/aromatic N) is 6. The van der Waals surface area contributed by atoms with Crippen molar-refractivity contribution in [2.45, 2.75) is 39.5 Å². The second kappa shape index (κ2) is 15.8. The lowest BCUT2D eigenvalue weighted by atomic mass is 10.1. The van der Waals surface area contributed by atoms with Gasteiger partial charge in [0.25, 0.3) is 0 Å². The molecular formula is C40H40N8O3. The van der Waals surface area contributed by atoms with E-state index in [9.17, 15) is 4.79 Å². The molecule has 0 aliphatic rings. The summed E-state index contributed by atoms with van der Waals surface area (Å²) in [4.78, 5) is 35.1. The summed E-state index contributed by atoms with van der Waals surface area (Å²) in [5.41, 5.74) is 3.50. The van der Waals surface area contributed by atoms with Gasteiger partial charge in [0, 0.05) is 31.5 Å².